The average molecular weight is 487 g/mol. The number of benzene rings is 7. The van der Waals surface area contributed by atoms with E-state index in [2.05, 4.69) is 36.4 Å². The van der Waals surface area contributed by atoms with Gasteiger partial charge in [-0.1, -0.05) is 98.8 Å². The molecule has 0 amide bonds. The minimum atomic E-state index is 0.0834. The molecule has 0 N–H and O–H groups in total. The molecule has 0 bridgehead atoms. The van der Waals surface area contributed by atoms with Gasteiger partial charge in [-0.15, -0.1) is 0 Å². The first-order valence-corrected chi connectivity index (χ1v) is 13.2. The molecule has 178 valence electrons. The summed E-state index contributed by atoms with van der Waals surface area (Å²) in [5.74, 6) is 0.167. The normalized spacial score (nSPS) is 13.1. The smallest absolute Gasteiger partial charge is 0.194 e. The molecule has 9 rings (SSSR count). The molecule has 0 aliphatic heterocycles. The maximum absolute atomic E-state index is 13.5. The van der Waals surface area contributed by atoms with Crippen molar-refractivity contribution in [2.75, 3.05) is 0 Å². The van der Waals surface area contributed by atoms with Crippen LogP contribution in [0.2, 0.25) is 0 Å². The number of fused-ring (bicyclic) bond motifs is 6. The number of carbonyl (C=O) groups is 2. The summed E-state index contributed by atoms with van der Waals surface area (Å²) in [6, 6.07) is 32.7. The molecule has 0 atom stereocenters. The number of hydrogen-bond acceptors (Lipinski definition) is 2. The molecule has 0 aromatic heterocycles. The zero-order valence-electron chi connectivity index (χ0n) is 21.1. The van der Waals surface area contributed by atoms with Gasteiger partial charge < -0.3 is 0 Å². The quantitative estimate of drug-likeness (QED) is 0.158. The molecule has 38 heavy (non-hydrogen) atoms. The fourth-order valence-corrected chi connectivity index (χ4v) is 6.84. The molecule has 0 saturated heterocycles. The van der Waals surface area contributed by atoms with Gasteiger partial charge >= 0.3 is 0 Å². The highest BCUT2D eigenvalue weighted by atomic mass is 16.1. The van der Waals surface area contributed by atoms with Crippen LogP contribution >= 0.6 is 0 Å². The van der Waals surface area contributed by atoms with E-state index in [0.717, 1.165) is 87.6 Å². The van der Waals surface area contributed by atoms with Crippen LogP contribution in [0.3, 0.4) is 0 Å². The molecule has 0 heterocycles. The highest BCUT2D eigenvalue weighted by molar-refractivity contribution is 6.41. The summed E-state index contributed by atoms with van der Waals surface area (Å²) >= 11 is 0. The highest BCUT2D eigenvalue weighted by Gasteiger charge is 2.30. The third kappa shape index (κ3) is 2.38. The molecule has 0 saturated carbocycles. The van der Waals surface area contributed by atoms with E-state index in [1.807, 2.05) is 74.5 Å². The van der Waals surface area contributed by atoms with Crippen molar-refractivity contribution in [2.45, 2.75) is 13.8 Å². The van der Waals surface area contributed by atoms with Crippen molar-refractivity contribution in [3.63, 3.8) is 0 Å². The van der Waals surface area contributed by atoms with Gasteiger partial charge in [-0.3, -0.25) is 9.59 Å². The minimum Gasteiger partial charge on any atom is -0.289 e. The van der Waals surface area contributed by atoms with Crippen LogP contribution in [0.15, 0.2) is 97.1 Å². The number of hydrogen-bond donors (Lipinski definition) is 0. The summed E-state index contributed by atoms with van der Waals surface area (Å²) in [6.07, 6.45) is 0. The Morgan fingerprint density at radius 2 is 0.632 bits per heavy atom. The Balaban J connectivity index is 0.00000110. The predicted octanol–water partition coefficient (Wildman–Crippen LogP) is 9.19. The first-order chi connectivity index (χ1) is 18.7. The lowest BCUT2D eigenvalue weighted by Gasteiger charge is -2.25. The minimum absolute atomic E-state index is 0.0834. The number of rotatable bonds is 0. The molecule has 2 aliphatic carbocycles. The first-order valence-electron chi connectivity index (χ1n) is 13.2. The fraction of sp³-hybridized carbons (Fsp3) is 0.0556. The standard InChI is InChI=1S/C34H16O2.C2H6/c35-33-25-7-3-1-5-17(25)19-9-11-21-22-12-10-20-18-6-2-4-8-26(18)34(36)28-16-14-24(30(22)32(20)28)23-13-15-27(33)31(19)29(21)23;1-2/h1-16H;1-2H3. The van der Waals surface area contributed by atoms with Crippen molar-refractivity contribution in [3.05, 3.63) is 119 Å². The van der Waals surface area contributed by atoms with Gasteiger partial charge in [0.2, 0.25) is 0 Å². The summed E-state index contributed by atoms with van der Waals surface area (Å²) in [6.45, 7) is 4.00. The van der Waals surface area contributed by atoms with Gasteiger partial charge in [-0.25, -0.2) is 0 Å². The second kappa shape index (κ2) is 7.36. The second-order valence-electron chi connectivity index (χ2n) is 9.89. The number of carbonyl (C=O) groups excluding carboxylic acids is 2. The monoisotopic (exact) mass is 486 g/mol. The molecule has 0 fully saturated rings. The van der Waals surface area contributed by atoms with Gasteiger partial charge in [0.05, 0.1) is 0 Å². The molecule has 2 aliphatic rings. The van der Waals surface area contributed by atoms with Crippen LogP contribution < -0.4 is 0 Å². The zero-order valence-corrected chi connectivity index (χ0v) is 21.1. The summed E-state index contributed by atoms with van der Waals surface area (Å²) in [4.78, 5) is 27.0. The predicted molar refractivity (Wildman–Crippen MR) is 157 cm³/mol. The molecule has 0 unspecified atom stereocenters. The Hall–Kier alpha value is -4.82. The van der Waals surface area contributed by atoms with Crippen molar-refractivity contribution in [3.8, 4) is 22.3 Å². The molecule has 2 heteroatoms. The Bertz CT molecular complexity index is 2000. The largest absolute Gasteiger partial charge is 0.289 e. The van der Waals surface area contributed by atoms with Gasteiger partial charge in [0.25, 0.3) is 0 Å². The van der Waals surface area contributed by atoms with Crippen LogP contribution in [0.5, 0.6) is 0 Å². The Kier molecular flexibility index (Phi) is 4.12. The Morgan fingerprint density at radius 3 is 1.00 bits per heavy atom. The van der Waals surface area contributed by atoms with E-state index in [-0.39, 0.29) is 11.6 Å². The van der Waals surface area contributed by atoms with Crippen molar-refractivity contribution >= 4 is 54.7 Å². The number of ketones is 2. The SMILES string of the molecule is CC.O=C1c2ccccc2-c2ccc3c4ccc5c6c(ccc(c7ccc1c2c73)c64)C(=O)c1ccccc1-5. The van der Waals surface area contributed by atoms with Crippen molar-refractivity contribution < 1.29 is 9.59 Å². The van der Waals surface area contributed by atoms with Crippen molar-refractivity contribution in [1.29, 1.82) is 0 Å². The van der Waals surface area contributed by atoms with Gasteiger partial charge in [-0.05, 0) is 66.7 Å². The summed E-state index contributed by atoms with van der Waals surface area (Å²) in [7, 11) is 0. The van der Waals surface area contributed by atoms with Crippen molar-refractivity contribution in [2.24, 2.45) is 0 Å². The van der Waals surface area contributed by atoms with E-state index in [1.165, 1.54) is 0 Å². The lowest BCUT2D eigenvalue weighted by molar-refractivity contribution is 0.103. The van der Waals surface area contributed by atoms with E-state index >= 15 is 0 Å². The summed E-state index contributed by atoms with van der Waals surface area (Å²) < 4.78 is 0. The van der Waals surface area contributed by atoms with E-state index < -0.39 is 0 Å². The summed E-state index contributed by atoms with van der Waals surface area (Å²) in [5, 5.41) is 8.83. The molecule has 2 nitrogen and oxygen atoms in total. The van der Waals surface area contributed by atoms with Crippen molar-refractivity contribution in [1.82, 2.24) is 0 Å². The molecule has 0 spiro atoms. The van der Waals surface area contributed by atoms with Crippen LogP contribution in [0, 0.1) is 0 Å². The lowest BCUT2D eigenvalue weighted by atomic mass is 9.77. The van der Waals surface area contributed by atoms with E-state index in [0.29, 0.717) is 0 Å². The van der Waals surface area contributed by atoms with E-state index in [1.54, 1.807) is 0 Å². The van der Waals surface area contributed by atoms with Crippen LogP contribution in [0.1, 0.15) is 45.7 Å². The lowest BCUT2D eigenvalue weighted by Crippen LogP contribution is -2.11. The third-order valence-electron chi connectivity index (χ3n) is 8.31. The maximum atomic E-state index is 13.5. The fourth-order valence-electron chi connectivity index (χ4n) is 6.84. The third-order valence-corrected chi connectivity index (χ3v) is 8.31. The van der Waals surface area contributed by atoms with Crippen LogP contribution in [0.25, 0.3) is 65.3 Å². The van der Waals surface area contributed by atoms with Gasteiger partial charge in [-0.2, -0.15) is 0 Å². The topological polar surface area (TPSA) is 34.1 Å². The molecule has 0 radical (unpaired) electrons. The second-order valence-corrected chi connectivity index (χ2v) is 9.89. The highest BCUT2D eigenvalue weighted by Crippen LogP contribution is 2.50. The zero-order chi connectivity index (χ0) is 25.7. The molecule has 7 aromatic rings. The molecule has 7 aromatic carbocycles. The van der Waals surface area contributed by atoms with E-state index in [4.69, 9.17) is 0 Å². The van der Waals surface area contributed by atoms with Gasteiger partial charge in [0, 0.05) is 33.0 Å². The Morgan fingerprint density at radius 1 is 0.316 bits per heavy atom. The first kappa shape index (κ1) is 21.3. The molecular formula is C36H22O2. The van der Waals surface area contributed by atoms with Crippen LogP contribution in [-0.4, -0.2) is 11.6 Å². The Labute approximate surface area is 219 Å². The van der Waals surface area contributed by atoms with E-state index in [9.17, 15) is 9.59 Å². The summed E-state index contributed by atoms with van der Waals surface area (Å²) in [5.41, 5.74) is 7.27. The molecular weight excluding hydrogens is 464 g/mol. The average Bonchev–Trinajstić information content (AvgIpc) is 2.99. The van der Waals surface area contributed by atoms with Crippen LogP contribution in [0.4, 0.5) is 0 Å². The maximum Gasteiger partial charge on any atom is 0.194 e. The van der Waals surface area contributed by atoms with Crippen LogP contribution in [-0.2, 0) is 0 Å². The van der Waals surface area contributed by atoms with Gasteiger partial charge in [0.15, 0.2) is 11.6 Å². The van der Waals surface area contributed by atoms with Gasteiger partial charge in [0.1, 0.15) is 0 Å².